The Morgan fingerprint density at radius 1 is 1.22 bits per heavy atom. The minimum absolute atomic E-state index is 0.0194. The molecule has 3 nitrogen and oxygen atoms in total. The Labute approximate surface area is 110 Å². The van der Waals surface area contributed by atoms with Crippen LogP contribution >= 0.6 is 0 Å². The van der Waals surface area contributed by atoms with Gasteiger partial charge in [0.2, 0.25) is 5.91 Å². The molecule has 3 N–H and O–H groups in total. The molecule has 0 fully saturated rings. The van der Waals surface area contributed by atoms with Crippen LogP contribution in [0.5, 0.6) is 0 Å². The molecule has 0 saturated heterocycles. The Hall–Kier alpha value is -1.35. The van der Waals surface area contributed by atoms with Gasteiger partial charge in [0.05, 0.1) is 12.0 Å². The molecular formula is C15H24N2O. The lowest BCUT2D eigenvalue weighted by atomic mass is 9.94. The van der Waals surface area contributed by atoms with Crippen LogP contribution in [-0.4, -0.2) is 12.5 Å². The maximum atomic E-state index is 12.1. The molecule has 18 heavy (non-hydrogen) atoms. The molecule has 0 aromatic heterocycles. The van der Waals surface area contributed by atoms with Crippen molar-refractivity contribution in [3.63, 3.8) is 0 Å². The van der Waals surface area contributed by atoms with Crippen molar-refractivity contribution in [3.8, 4) is 0 Å². The van der Waals surface area contributed by atoms with E-state index < -0.39 is 0 Å². The predicted octanol–water partition coefficient (Wildman–Crippen LogP) is 2.40. The Morgan fingerprint density at radius 2 is 1.78 bits per heavy atom. The largest absolute Gasteiger partial charge is 0.349 e. The highest BCUT2D eigenvalue weighted by Crippen LogP contribution is 2.16. The Balaban J connectivity index is 2.66. The van der Waals surface area contributed by atoms with Crippen molar-refractivity contribution in [1.29, 1.82) is 0 Å². The van der Waals surface area contributed by atoms with E-state index in [-0.39, 0.29) is 23.8 Å². The maximum Gasteiger partial charge on any atom is 0.225 e. The normalized spacial score (nSPS) is 14.3. The lowest BCUT2D eigenvalue weighted by Gasteiger charge is -2.22. The lowest BCUT2D eigenvalue weighted by Crippen LogP contribution is -2.39. The average Bonchev–Trinajstić information content (AvgIpc) is 2.29. The van der Waals surface area contributed by atoms with Crippen molar-refractivity contribution in [2.45, 2.75) is 33.7 Å². The zero-order chi connectivity index (χ0) is 13.7. The first kappa shape index (κ1) is 14.7. The summed E-state index contributed by atoms with van der Waals surface area (Å²) in [4.78, 5) is 12.1. The summed E-state index contributed by atoms with van der Waals surface area (Å²) in [6.45, 7) is 8.48. The minimum Gasteiger partial charge on any atom is -0.349 e. The predicted molar refractivity (Wildman–Crippen MR) is 75.1 cm³/mol. The number of hydrogen-bond donors (Lipinski definition) is 2. The van der Waals surface area contributed by atoms with Crippen LogP contribution in [0, 0.1) is 18.8 Å². The second kappa shape index (κ2) is 6.55. The zero-order valence-electron chi connectivity index (χ0n) is 11.7. The molecule has 0 radical (unpaired) electrons. The third-order valence-corrected chi connectivity index (χ3v) is 3.33. The van der Waals surface area contributed by atoms with Gasteiger partial charge in [-0.3, -0.25) is 4.79 Å². The molecule has 0 spiro atoms. The third-order valence-electron chi connectivity index (χ3n) is 3.33. The number of nitrogens with one attached hydrogen (secondary N) is 1. The van der Waals surface area contributed by atoms with Crippen molar-refractivity contribution >= 4 is 5.91 Å². The van der Waals surface area contributed by atoms with E-state index in [1.807, 2.05) is 32.9 Å². The lowest BCUT2D eigenvalue weighted by molar-refractivity contribution is -0.126. The van der Waals surface area contributed by atoms with E-state index in [9.17, 15) is 4.79 Å². The van der Waals surface area contributed by atoms with Gasteiger partial charge in [-0.1, -0.05) is 43.7 Å². The average molecular weight is 248 g/mol. The molecule has 0 bridgehead atoms. The van der Waals surface area contributed by atoms with Gasteiger partial charge in [-0.05, 0) is 25.3 Å². The molecule has 0 aliphatic carbocycles. The molecule has 3 heteroatoms. The van der Waals surface area contributed by atoms with Crippen LogP contribution in [0.25, 0.3) is 0 Å². The van der Waals surface area contributed by atoms with Gasteiger partial charge in [0.25, 0.3) is 0 Å². The van der Waals surface area contributed by atoms with Crippen molar-refractivity contribution in [2.75, 3.05) is 6.54 Å². The highest BCUT2D eigenvalue weighted by molar-refractivity contribution is 5.79. The molecule has 0 saturated carbocycles. The number of nitrogens with two attached hydrogens (primary N) is 1. The summed E-state index contributed by atoms with van der Waals surface area (Å²) in [6, 6.07) is 8.23. The van der Waals surface area contributed by atoms with Gasteiger partial charge in [0.1, 0.15) is 0 Å². The fraction of sp³-hybridized carbons (Fsp3) is 0.533. The molecule has 1 rings (SSSR count). The molecule has 0 heterocycles. The summed E-state index contributed by atoms with van der Waals surface area (Å²) < 4.78 is 0. The van der Waals surface area contributed by atoms with E-state index in [1.165, 1.54) is 5.56 Å². The summed E-state index contributed by atoms with van der Waals surface area (Å²) in [5, 5.41) is 3.03. The molecule has 1 aromatic rings. The van der Waals surface area contributed by atoms with Gasteiger partial charge in [-0.15, -0.1) is 0 Å². The van der Waals surface area contributed by atoms with Crippen LogP contribution in [0.15, 0.2) is 24.3 Å². The van der Waals surface area contributed by atoms with E-state index in [0.717, 1.165) is 5.56 Å². The number of hydrogen-bond acceptors (Lipinski definition) is 2. The molecule has 0 aliphatic heterocycles. The van der Waals surface area contributed by atoms with Crippen LogP contribution < -0.4 is 11.1 Å². The first-order chi connectivity index (χ1) is 8.45. The van der Waals surface area contributed by atoms with Crippen LogP contribution in [0.1, 0.15) is 37.9 Å². The number of carbonyl (C=O) groups excluding carboxylic acids is 1. The van der Waals surface area contributed by atoms with Gasteiger partial charge in [-0.25, -0.2) is 0 Å². The molecular weight excluding hydrogens is 224 g/mol. The summed E-state index contributed by atoms with van der Waals surface area (Å²) in [5.41, 5.74) is 7.99. The number of rotatable bonds is 5. The monoisotopic (exact) mass is 248 g/mol. The molecule has 2 unspecified atom stereocenters. The van der Waals surface area contributed by atoms with Gasteiger partial charge >= 0.3 is 0 Å². The van der Waals surface area contributed by atoms with E-state index in [4.69, 9.17) is 5.73 Å². The molecule has 0 aliphatic rings. The number of amides is 1. The van der Waals surface area contributed by atoms with Crippen LogP contribution in [0.2, 0.25) is 0 Å². The second-order valence-electron chi connectivity index (χ2n) is 5.23. The highest BCUT2D eigenvalue weighted by atomic mass is 16.2. The maximum absolute atomic E-state index is 12.1. The number of benzene rings is 1. The smallest absolute Gasteiger partial charge is 0.225 e. The SMILES string of the molecule is Cc1ccc(C(C)NC(=O)C(CN)C(C)C)cc1. The molecule has 1 amide bonds. The topological polar surface area (TPSA) is 55.1 Å². The van der Waals surface area contributed by atoms with E-state index in [2.05, 4.69) is 24.4 Å². The van der Waals surface area contributed by atoms with Crippen LogP contribution in [-0.2, 0) is 4.79 Å². The molecule has 2 atom stereocenters. The fourth-order valence-corrected chi connectivity index (χ4v) is 1.94. The second-order valence-corrected chi connectivity index (χ2v) is 5.23. The Bertz CT molecular complexity index is 384. The number of aryl methyl sites for hydroxylation is 1. The summed E-state index contributed by atoms with van der Waals surface area (Å²) >= 11 is 0. The summed E-state index contributed by atoms with van der Waals surface area (Å²) in [7, 11) is 0. The van der Waals surface area contributed by atoms with E-state index in [1.54, 1.807) is 0 Å². The van der Waals surface area contributed by atoms with Crippen molar-refractivity contribution in [2.24, 2.45) is 17.6 Å². The first-order valence-electron chi connectivity index (χ1n) is 6.52. The van der Waals surface area contributed by atoms with Crippen molar-refractivity contribution < 1.29 is 4.79 Å². The molecule has 100 valence electrons. The van der Waals surface area contributed by atoms with E-state index >= 15 is 0 Å². The van der Waals surface area contributed by atoms with Gasteiger partial charge in [0.15, 0.2) is 0 Å². The minimum atomic E-state index is -0.113. The van der Waals surface area contributed by atoms with E-state index in [0.29, 0.717) is 6.54 Å². The third kappa shape index (κ3) is 3.84. The summed E-state index contributed by atoms with van der Waals surface area (Å²) in [5.74, 6) is 0.193. The van der Waals surface area contributed by atoms with Gasteiger partial charge in [0, 0.05) is 6.54 Å². The van der Waals surface area contributed by atoms with Crippen LogP contribution in [0.4, 0.5) is 0 Å². The Morgan fingerprint density at radius 3 is 2.22 bits per heavy atom. The van der Waals surface area contributed by atoms with Crippen molar-refractivity contribution in [3.05, 3.63) is 35.4 Å². The van der Waals surface area contributed by atoms with Gasteiger partial charge in [-0.2, -0.15) is 0 Å². The molecule has 1 aromatic carbocycles. The fourth-order valence-electron chi connectivity index (χ4n) is 1.94. The van der Waals surface area contributed by atoms with Crippen molar-refractivity contribution in [1.82, 2.24) is 5.32 Å². The van der Waals surface area contributed by atoms with Crippen LogP contribution in [0.3, 0.4) is 0 Å². The zero-order valence-corrected chi connectivity index (χ0v) is 11.7. The number of carbonyl (C=O) groups is 1. The highest BCUT2D eigenvalue weighted by Gasteiger charge is 2.21. The summed E-state index contributed by atoms with van der Waals surface area (Å²) in [6.07, 6.45) is 0. The first-order valence-corrected chi connectivity index (χ1v) is 6.52. The quantitative estimate of drug-likeness (QED) is 0.840. The van der Waals surface area contributed by atoms with Gasteiger partial charge < -0.3 is 11.1 Å². The Kier molecular flexibility index (Phi) is 5.35. The standard InChI is InChI=1S/C15H24N2O/c1-10(2)14(9-16)15(18)17-12(4)13-7-5-11(3)6-8-13/h5-8,10,12,14H,9,16H2,1-4H3,(H,17,18).